The first kappa shape index (κ1) is 13.0. The van der Waals surface area contributed by atoms with Gasteiger partial charge in [0.05, 0.1) is 10.7 Å². The lowest BCUT2D eigenvalue weighted by molar-refractivity contribution is 0.281. The van der Waals surface area contributed by atoms with Crippen molar-refractivity contribution in [1.29, 1.82) is 0 Å². The van der Waals surface area contributed by atoms with Gasteiger partial charge in [-0.05, 0) is 19.5 Å². The standard InChI is InChI=1S/C13H23N3S/c1-13(2,3)12-15-11(10-17-12)9-16-7-4-5-14-6-8-16/h10,14H,4-9H2,1-3H3. The maximum atomic E-state index is 4.76. The van der Waals surface area contributed by atoms with Crippen molar-refractivity contribution < 1.29 is 0 Å². The quantitative estimate of drug-likeness (QED) is 0.876. The van der Waals surface area contributed by atoms with E-state index in [9.17, 15) is 0 Å². The molecule has 1 aliphatic heterocycles. The molecule has 0 bridgehead atoms. The van der Waals surface area contributed by atoms with E-state index in [1.165, 1.54) is 23.7 Å². The minimum absolute atomic E-state index is 0.184. The molecule has 1 aromatic heterocycles. The van der Waals surface area contributed by atoms with Crippen LogP contribution in [0.15, 0.2) is 5.38 Å². The van der Waals surface area contributed by atoms with E-state index < -0.39 is 0 Å². The summed E-state index contributed by atoms with van der Waals surface area (Å²) in [6.45, 7) is 12.3. The summed E-state index contributed by atoms with van der Waals surface area (Å²) in [5, 5.41) is 6.90. The fourth-order valence-electron chi connectivity index (χ4n) is 2.01. The molecule has 0 aromatic carbocycles. The van der Waals surface area contributed by atoms with Crippen molar-refractivity contribution in [2.75, 3.05) is 26.2 Å². The molecule has 4 heteroatoms. The minimum atomic E-state index is 0.184. The Morgan fingerprint density at radius 1 is 1.35 bits per heavy atom. The zero-order valence-electron chi connectivity index (χ0n) is 11.1. The molecule has 2 heterocycles. The van der Waals surface area contributed by atoms with Crippen molar-refractivity contribution in [3.63, 3.8) is 0 Å². The van der Waals surface area contributed by atoms with Gasteiger partial charge < -0.3 is 5.32 Å². The zero-order valence-corrected chi connectivity index (χ0v) is 11.9. The molecule has 0 radical (unpaired) electrons. The van der Waals surface area contributed by atoms with Gasteiger partial charge in [0.15, 0.2) is 0 Å². The molecule has 0 spiro atoms. The SMILES string of the molecule is CC(C)(C)c1nc(CN2CCCNCC2)cs1. The van der Waals surface area contributed by atoms with Crippen molar-refractivity contribution in [3.8, 4) is 0 Å². The highest BCUT2D eigenvalue weighted by Gasteiger charge is 2.19. The first-order valence-electron chi connectivity index (χ1n) is 6.44. The molecule has 2 rings (SSSR count). The van der Waals surface area contributed by atoms with Gasteiger partial charge >= 0.3 is 0 Å². The summed E-state index contributed by atoms with van der Waals surface area (Å²) in [6.07, 6.45) is 1.25. The van der Waals surface area contributed by atoms with Crippen LogP contribution >= 0.6 is 11.3 Å². The van der Waals surface area contributed by atoms with E-state index in [1.807, 2.05) is 0 Å². The second-order valence-electron chi connectivity index (χ2n) is 5.77. The maximum Gasteiger partial charge on any atom is 0.0982 e. The molecule has 0 unspecified atom stereocenters. The predicted molar refractivity (Wildman–Crippen MR) is 73.6 cm³/mol. The average Bonchev–Trinajstić information content (AvgIpc) is 2.56. The minimum Gasteiger partial charge on any atom is -0.315 e. The van der Waals surface area contributed by atoms with Crippen LogP contribution in [0, 0.1) is 0 Å². The molecule has 0 aliphatic carbocycles. The average molecular weight is 253 g/mol. The van der Waals surface area contributed by atoms with Crippen LogP contribution in [0.25, 0.3) is 0 Å². The Balaban J connectivity index is 1.96. The van der Waals surface area contributed by atoms with Crippen LogP contribution in [0.2, 0.25) is 0 Å². The number of hydrogen-bond acceptors (Lipinski definition) is 4. The number of nitrogens with one attached hydrogen (secondary N) is 1. The Morgan fingerprint density at radius 2 is 2.18 bits per heavy atom. The van der Waals surface area contributed by atoms with E-state index in [0.717, 1.165) is 26.2 Å². The Labute approximate surface area is 108 Å². The normalized spacial score (nSPS) is 19.2. The van der Waals surface area contributed by atoms with Gasteiger partial charge in [0.2, 0.25) is 0 Å². The third-order valence-electron chi connectivity index (χ3n) is 3.01. The Kier molecular flexibility index (Phi) is 4.17. The highest BCUT2D eigenvalue weighted by atomic mass is 32.1. The van der Waals surface area contributed by atoms with Crippen molar-refractivity contribution in [3.05, 3.63) is 16.1 Å². The molecule has 3 nitrogen and oxygen atoms in total. The second-order valence-corrected chi connectivity index (χ2v) is 6.63. The van der Waals surface area contributed by atoms with Gasteiger partial charge in [0, 0.05) is 30.4 Å². The molecular weight excluding hydrogens is 230 g/mol. The lowest BCUT2D eigenvalue weighted by atomic mass is 9.98. The van der Waals surface area contributed by atoms with E-state index in [2.05, 4.69) is 36.4 Å². The lowest BCUT2D eigenvalue weighted by Crippen LogP contribution is -2.27. The first-order chi connectivity index (χ1) is 8.05. The number of thiazole rings is 1. The van der Waals surface area contributed by atoms with E-state index in [1.54, 1.807) is 11.3 Å². The smallest absolute Gasteiger partial charge is 0.0982 e. The van der Waals surface area contributed by atoms with Crippen LogP contribution in [0.5, 0.6) is 0 Å². The second kappa shape index (κ2) is 5.46. The van der Waals surface area contributed by atoms with Crippen molar-refractivity contribution in [1.82, 2.24) is 15.2 Å². The molecule has 0 amide bonds. The number of aromatic nitrogens is 1. The summed E-state index contributed by atoms with van der Waals surface area (Å²) in [5.74, 6) is 0. The summed E-state index contributed by atoms with van der Waals surface area (Å²) < 4.78 is 0. The molecule has 0 saturated carbocycles. The molecule has 1 N–H and O–H groups in total. The highest BCUT2D eigenvalue weighted by Crippen LogP contribution is 2.25. The Bertz CT molecular complexity index is 346. The first-order valence-corrected chi connectivity index (χ1v) is 7.31. The predicted octanol–water partition coefficient (Wildman–Crippen LogP) is 2.24. The van der Waals surface area contributed by atoms with Crippen molar-refractivity contribution in [2.24, 2.45) is 0 Å². The number of hydrogen-bond donors (Lipinski definition) is 1. The van der Waals surface area contributed by atoms with Crippen LogP contribution in [0.4, 0.5) is 0 Å². The highest BCUT2D eigenvalue weighted by molar-refractivity contribution is 7.09. The topological polar surface area (TPSA) is 28.2 Å². The maximum absolute atomic E-state index is 4.76. The van der Waals surface area contributed by atoms with Gasteiger partial charge in [0.25, 0.3) is 0 Å². The van der Waals surface area contributed by atoms with Crippen LogP contribution in [0.3, 0.4) is 0 Å². The molecule has 1 saturated heterocycles. The summed E-state index contributed by atoms with van der Waals surface area (Å²) in [4.78, 5) is 7.26. The molecule has 17 heavy (non-hydrogen) atoms. The Morgan fingerprint density at radius 3 is 2.88 bits per heavy atom. The van der Waals surface area contributed by atoms with Crippen LogP contribution < -0.4 is 5.32 Å². The summed E-state index contributed by atoms with van der Waals surface area (Å²) in [7, 11) is 0. The third kappa shape index (κ3) is 3.76. The van der Waals surface area contributed by atoms with Crippen molar-refractivity contribution >= 4 is 11.3 Å². The van der Waals surface area contributed by atoms with Crippen LogP contribution in [-0.2, 0) is 12.0 Å². The molecule has 96 valence electrons. The van der Waals surface area contributed by atoms with Gasteiger partial charge in [-0.15, -0.1) is 11.3 Å². The third-order valence-corrected chi connectivity index (χ3v) is 4.33. The molecule has 1 aromatic rings. The van der Waals surface area contributed by atoms with Crippen LogP contribution in [-0.4, -0.2) is 36.1 Å². The van der Waals surface area contributed by atoms with Gasteiger partial charge in [0.1, 0.15) is 0 Å². The lowest BCUT2D eigenvalue weighted by Gasteiger charge is -2.18. The van der Waals surface area contributed by atoms with Gasteiger partial charge in [-0.3, -0.25) is 4.90 Å². The molecule has 1 fully saturated rings. The van der Waals surface area contributed by atoms with E-state index in [4.69, 9.17) is 4.98 Å². The molecule has 0 atom stereocenters. The summed E-state index contributed by atoms with van der Waals surface area (Å²) in [6, 6.07) is 0. The largest absolute Gasteiger partial charge is 0.315 e. The molecule has 1 aliphatic rings. The van der Waals surface area contributed by atoms with Crippen LogP contribution in [0.1, 0.15) is 37.9 Å². The monoisotopic (exact) mass is 253 g/mol. The number of rotatable bonds is 2. The molecular formula is C13H23N3S. The van der Waals surface area contributed by atoms with E-state index in [0.29, 0.717) is 0 Å². The van der Waals surface area contributed by atoms with Gasteiger partial charge in [-0.2, -0.15) is 0 Å². The van der Waals surface area contributed by atoms with Gasteiger partial charge in [-0.1, -0.05) is 20.8 Å². The van der Waals surface area contributed by atoms with Crippen molar-refractivity contribution in [2.45, 2.75) is 39.2 Å². The summed E-state index contributed by atoms with van der Waals surface area (Å²) >= 11 is 1.80. The Hall–Kier alpha value is -0.450. The number of nitrogens with zero attached hydrogens (tertiary/aromatic N) is 2. The van der Waals surface area contributed by atoms with E-state index >= 15 is 0 Å². The van der Waals surface area contributed by atoms with Gasteiger partial charge in [-0.25, -0.2) is 4.98 Å². The van der Waals surface area contributed by atoms with E-state index in [-0.39, 0.29) is 5.41 Å². The fraction of sp³-hybridized carbons (Fsp3) is 0.769. The summed E-state index contributed by atoms with van der Waals surface area (Å²) in [5.41, 5.74) is 1.42. The fourth-order valence-corrected chi connectivity index (χ4v) is 2.91. The zero-order chi connectivity index (χ0) is 12.3.